The first-order valence-corrected chi connectivity index (χ1v) is 11.8. The van der Waals surface area contributed by atoms with E-state index >= 15 is 0 Å². The molecule has 3 rings (SSSR count). The van der Waals surface area contributed by atoms with E-state index in [-0.39, 0.29) is 22.3 Å². The van der Waals surface area contributed by atoms with Crippen LogP contribution in [0.5, 0.6) is 0 Å². The van der Waals surface area contributed by atoms with Gasteiger partial charge in [0, 0.05) is 23.7 Å². The van der Waals surface area contributed by atoms with Crippen molar-refractivity contribution < 1.29 is 9.53 Å². The molecule has 4 N–H and O–H groups in total. The summed E-state index contributed by atoms with van der Waals surface area (Å²) in [6.07, 6.45) is 9.14. The van der Waals surface area contributed by atoms with E-state index in [1.807, 2.05) is 0 Å². The van der Waals surface area contributed by atoms with Gasteiger partial charge in [0.1, 0.15) is 11.6 Å². The summed E-state index contributed by atoms with van der Waals surface area (Å²) in [5, 5.41) is 10.9. The molecule has 1 atom stereocenters. The van der Waals surface area contributed by atoms with Crippen LogP contribution >= 0.6 is 10.9 Å². The molecule has 1 aliphatic heterocycles. The fourth-order valence-electron chi connectivity index (χ4n) is 3.63. The number of hydrogen-bond acceptors (Lipinski definition) is 6. The molecule has 7 nitrogen and oxygen atoms in total. The van der Waals surface area contributed by atoms with Crippen molar-refractivity contribution in [3.8, 4) is 0 Å². The molecular formula is C20H31N5O2S. The number of nitrogens with two attached hydrogens (primary N) is 1. The highest BCUT2D eigenvalue weighted by Crippen LogP contribution is 2.42. The number of primary amides is 1. The number of carbonyl (C=O) groups excluding carboxylic acids is 1. The SMILES string of the molecule is C[SH]1CN(c2nc(N/C=C\C(=N)OCC3CCC3)ccc2C(N)=O)C(C)(C)C1. The number of hydrogen-bond donors (Lipinski definition) is 4. The van der Waals surface area contributed by atoms with Gasteiger partial charge in [-0.3, -0.25) is 10.2 Å². The minimum absolute atomic E-state index is 0.0659. The summed E-state index contributed by atoms with van der Waals surface area (Å²) < 4.78 is 5.45. The highest BCUT2D eigenvalue weighted by atomic mass is 32.2. The van der Waals surface area contributed by atoms with E-state index in [1.165, 1.54) is 19.3 Å². The standard InChI is InChI=1S/C20H31N5O2S/c1-20(2)12-28(3)13-25(20)19-15(18(22)26)7-8-17(24-19)23-10-9-16(21)27-11-14-5-4-6-14/h7-10,14,21,28H,4-6,11-13H2,1-3H3,(H2,22,26)(H,23,24)/b10-9-,21-16?. The van der Waals surface area contributed by atoms with Gasteiger partial charge in [0.15, 0.2) is 0 Å². The Balaban J connectivity index is 1.69. The average molecular weight is 406 g/mol. The lowest BCUT2D eigenvalue weighted by atomic mass is 9.86. The van der Waals surface area contributed by atoms with Crippen LogP contribution in [0.2, 0.25) is 0 Å². The second-order valence-electron chi connectivity index (χ2n) is 8.28. The molecule has 1 aromatic heterocycles. The van der Waals surface area contributed by atoms with Gasteiger partial charge in [-0.05, 0) is 56.7 Å². The van der Waals surface area contributed by atoms with Crippen molar-refractivity contribution in [2.75, 3.05) is 34.7 Å². The quantitative estimate of drug-likeness (QED) is 0.317. The predicted octanol–water partition coefficient (Wildman–Crippen LogP) is 3.09. The first-order chi connectivity index (χ1) is 13.3. The number of carbonyl (C=O) groups is 1. The van der Waals surface area contributed by atoms with Crippen LogP contribution in [-0.2, 0) is 4.74 Å². The van der Waals surface area contributed by atoms with Crippen LogP contribution in [0.25, 0.3) is 0 Å². The summed E-state index contributed by atoms with van der Waals surface area (Å²) in [6, 6.07) is 3.44. The Kier molecular flexibility index (Phi) is 6.17. The van der Waals surface area contributed by atoms with Crippen LogP contribution in [-0.4, -0.2) is 46.8 Å². The van der Waals surface area contributed by atoms with Crippen molar-refractivity contribution in [1.82, 2.24) is 4.98 Å². The summed E-state index contributed by atoms with van der Waals surface area (Å²) in [4.78, 5) is 18.8. The van der Waals surface area contributed by atoms with E-state index in [1.54, 1.807) is 24.4 Å². The fraction of sp³-hybridized carbons (Fsp3) is 0.550. The lowest BCUT2D eigenvalue weighted by Crippen LogP contribution is -2.42. The van der Waals surface area contributed by atoms with Gasteiger partial charge in [-0.2, -0.15) is 0 Å². The summed E-state index contributed by atoms with van der Waals surface area (Å²) in [5.41, 5.74) is 5.96. The number of thiol groups is 1. The number of amides is 1. The average Bonchev–Trinajstić information content (AvgIpc) is 2.85. The van der Waals surface area contributed by atoms with Crippen LogP contribution in [0.1, 0.15) is 43.5 Å². The molecule has 8 heteroatoms. The van der Waals surface area contributed by atoms with E-state index in [9.17, 15) is 4.79 Å². The van der Waals surface area contributed by atoms with E-state index in [0.29, 0.717) is 29.7 Å². The Bertz CT molecular complexity index is 776. The number of nitrogens with one attached hydrogen (secondary N) is 2. The van der Waals surface area contributed by atoms with Crippen LogP contribution in [0, 0.1) is 11.3 Å². The Morgan fingerprint density at radius 3 is 2.82 bits per heavy atom. The van der Waals surface area contributed by atoms with E-state index in [2.05, 4.69) is 35.3 Å². The van der Waals surface area contributed by atoms with Gasteiger partial charge in [0.25, 0.3) is 5.91 Å². The highest BCUT2D eigenvalue weighted by Gasteiger charge is 2.37. The lowest BCUT2D eigenvalue weighted by molar-refractivity contribution is 0.100. The third-order valence-electron chi connectivity index (χ3n) is 5.33. The van der Waals surface area contributed by atoms with Gasteiger partial charge < -0.3 is 20.7 Å². The summed E-state index contributed by atoms with van der Waals surface area (Å²) in [7, 11) is -0.129. The molecule has 1 saturated heterocycles. The molecule has 1 aromatic rings. The molecule has 1 aliphatic carbocycles. The molecule has 2 heterocycles. The molecule has 1 amide bonds. The first-order valence-electron chi connectivity index (χ1n) is 9.68. The fourth-order valence-corrected chi connectivity index (χ4v) is 6.22. The maximum absolute atomic E-state index is 11.9. The molecule has 0 aromatic carbocycles. The minimum atomic E-state index is -0.473. The van der Waals surface area contributed by atoms with Gasteiger partial charge in [-0.25, -0.2) is 15.9 Å². The summed E-state index contributed by atoms with van der Waals surface area (Å²) in [6.45, 7) is 4.96. The van der Waals surface area contributed by atoms with Gasteiger partial charge in [0.05, 0.1) is 12.2 Å². The van der Waals surface area contributed by atoms with Crippen molar-refractivity contribution >= 4 is 34.3 Å². The van der Waals surface area contributed by atoms with Crippen LogP contribution in [0.4, 0.5) is 11.6 Å². The maximum atomic E-state index is 11.9. The first kappa shape index (κ1) is 20.5. The molecule has 1 saturated carbocycles. The second kappa shape index (κ2) is 8.43. The minimum Gasteiger partial charge on any atom is -0.478 e. The zero-order chi connectivity index (χ0) is 20.3. The molecule has 28 heavy (non-hydrogen) atoms. The van der Waals surface area contributed by atoms with Crippen molar-refractivity contribution in [2.24, 2.45) is 11.7 Å². The smallest absolute Gasteiger partial charge is 0.252 e. The zero-order valence-corrected chi connectivity index (χ0v) is 17.8. The van der Waals surface area contributed by atoms with Crippen LogP contribution < -0.4 is 16.0 Å². The summed E-state index contributed by atoms with van der Waals surface area (Å²) in [5.74, 6) is 3.47. The normalized spacial score (nSPS) is 22.8. The number of ether oxygens (including phenoxy) is 1. The monoisotopic (exact) mass is 405 g/mol. The van der Waals surface area contributed by atoms with Gasteiger partial charge in [0.2, 0.25) is 5.90 Å². The van der Waals surface area contributed by atoms with Crippen molar-refractivity contribution in [3.63, 3.8) is 0 Å². The molecule has 0 bridgehead atoms. The third-order valence-corrected chi connectivity index (χ3v) is 7.41. The number of rotatable bonds is 7. The van der Waals surface area contributed by atoms with Crippen molar-refractivity contribution in [1.29, 1.82) is 5.41 Å². The van der Waals surface area contributed by atoms with Crippen LogP contribution in [0.15, 0.2) is 24.4 Å². The molecule has 2 aliphatic rings. The molecule has 1 unspecified atom stereocenters. The molecule has 0 radical (unpaired) electrons. The second-order valence-corrected chi connectivity index (χ2v) is 10.6. The molecular weight excluding hydrogens is 374 g/mol. The Morgan fingerprint density at radius 2 is 2.25 bits per heavy atom. The van der Waals surface area contributed by atoms with Crippen LogP contribution in [0.3, 0.4) is 0 Å². The van der Waals surface area contributed by atoms with Crippen molar-refractivity contribution in [3.05, 3.63) is 30.0 Å². The number of nitrogens with zero attached hydrogens (tertiary/aromatic N) is 2. The van der Waals surface area contributed by atoms with Gasteiger partial charge in [-0.1, -0.05) is 6.42 Å². The molecule has 0 spiro atoms. The predicted molar refractivity (Wildman–Crippen MR) is 118 cm³/mol. The number of aromatic nitrogens is 1. The molecule has 154 valence electrons. The van der Waals surface area contributed by atoms with Gasteiger partial charge >= 0.3 is 0 Å². The van der Waals surface area contributed by atoms with E-state index in [4.69, 9.17) is 15.9 Å². The Labute approximate surface area is 169 Å². The highest BCUT2D eigenvalue weighted by molar-refractivity contribution is 8.16. The van der Waals surface area contributed by atoms with E-state index in [0.717, 1.165) is 11.6 Å². The molecule has 2 fully saturated rings. The zero-order valence-electron chi connectivity index (χ0n) is 16.9. The van der Waals surface area contributed by atoms with E-state index < -0.39 is 5.91 Å². The summed E-state index contributed by atoms with van der Waals surface area (Å²) >= 11 is 0. The Morgan fingerprint density at radius 1 is 1.50 bits per heavy atom. The number of anilines is 2. The lowest BCUT2D eigenvalue weighted by Gasteiger charge is -2.33. The Hall–Kier alpha value is -2.22. The van der Waals surface area contributed by atoms with Gasteiger partial charge in [-0.15, -0.1) is 0 Å². The topological polar surface area (TPSA) is 104 Å². The third kappa shape index (κ3) is 4.79. The largest absolute Gasteiger partial charge is 0.478 e. The maximum Gasteiger partial charge on any atom is 0.252 e. The number of pyridine rings is 1. The van der Waals surface area contributed by atoms with Crippen molar-refractivity contribution in [2.45, 2.75) is 38.6 Å².